The van der Waals surface area contributed by atoms with E-state index in [1.54, 1.807) is 0 Å². The number of carbonyl (C=O) groups is 1. The molecule has 2 nitrogen and oxygen atoms in total. The van der Waals surface area contributed by atoms with Gasteiger partial charge in [-0.3, -0.25) is 4.79 Å². The van der Waals surface area contributed by atoms with Gasteiger partial charge in [-0.25, -0.2) is 0 Å². The summed E-state index contributed by atoms with van der Waals surface area (Å²) in [6.07, 6.45) is 2.40. The number of ether oxygens (including phenoxy) is 1. The molecule has 0 N–H and O–H groups in total. The number of rotatable bonds is 5. The fraction of sp³-hybridized carbons (Fsp3) is 0.889. The summed E-state index contributed by atoms with van der Waals surface area (Å²) >= 11 is 0. The molecule has 0 saturated heterocycles. The van der Waals surface area contributed by atoms with E-state index in [4.69, 9.17) is 4.74 Å². The minimum absolute atomic E-state index is 0.0619. The molecule has 0 saturated carbocycles. The van der Waals surface area contributed by atoms with Crippen LogP contribution in [0.4, 0.5) is 0 Å². The summed E-state index contributed by atoms with van der Waals surface area (Å²) in [6, 6.07) is 0. The van der Waals surface area contributed by atoms with E-state index in [0.717, 1.165) is 12.8 Å². The highest BCUT2D eigenvalue weighted by molar-refractivity contribution is 5.69. The zero-order chi connectivity index (χ0) is 8.69. The average molecular weight is 158 g/mol. The number of esters is 1. The Hall–Kier alpha value is -0.530. The summed E-state index contributed by atoms with van der Waals surface area (Å²) < 4.78 is 4.95. The summed E-state index contributed by atoms with van der Waals surface area (Å²) in [5, 5.41) is 0. The Balaban J connectivity index is 3.17. The Morgan fingerprint density at radius 1 is 1.45 bits per heavy atom. The molecule has 0 aromatic carbocycles. The molecule has 0 fully saturated rings. The lowest BCUT2D eigenvalue weighted by Gasteiger charge is -2.05. The van der Waals surface area contributed by atoms with Crippen molar-refractivity contribution in [3.8, 4) is 0 Å². The second-order valence-electron chi connectivity index (χ2n) is 3.15. The molecule has 0 aromatic rings. The van der Waals surface area contributed by atoms with Crippen LogP contribution in [0, 0.1) is 5.92 Å². The predicted octanol–water partition coefficient (Wildman–Crippen LogP) is 2.38. The van der Waals surface area contributed by atoms with Crippen molar-refractivity contribution in [2.75, 3.05) is 6.61 Å². The molecular weight excluding hydrogens is 140 g/mol. The Morgan fingerprint density at radius 2 is 2.09 bits per heavy atom. The zero-order valence-electron chi connectivity index (χ0n) is 7.72. The van der Waals surface area contributed by atoms with Gasteiger partial charge in [0.05, 0.1) is 6.61 Å². The Kier molecular flexibility index (Phi) is 5.90. The lowest BCUT2D eigenvalue weighted by Crippen LogP contribution is -2.06. The first-order valence-electron chi connectivity index (χ1n) is 4.32. The molecular formula is C9H18O2. The van der Waals surface area contributed by atoms with Crippen molar-refractivity contribution in [3.05, 3.63) is 0 Å². The van der Waals surface area contributed by atoms with E-state index in [2.05, 4.69) is 13.8 Å². The van der Waals surface area contributed by atoms with Crippen molar-refractivity contribution in [3.63, 3.8) is 0 Å². The van der Waals surface area contributed by atoms with Crippen molar-refractivity contribution >= 4 is 5.97 Å². The van der Waals surface area contributed by atoms with E-state index in [1.165, 1.54) is 0 Å². The molecule has 0 amide bonds. The van der Waals surface area contributed by atoms with Crippen LogP contribution in [0.1, 0.15) is 40.0 Å². The summed E-state index contributed by atoms with van der Waals surface area (Å²) in [6.45, 7) is 6.79. The maximum absolute atomic E-state index is 10.8. The van der Waals surface area contributed by atoms with Crippen molar-refractivity contribution in [2.24, 2.45) is 5.92 Å². The van der Waals surface area contributed by atoms with Crippen LogP contribution >= 0.6 is 0 Å². The molecule has 0 rings (SSSR count). The summed E-state index contributed by atoms with van der Waals surface area (Å²) in [4.78, 5) is 10.8. The van der Waals surface area contributed by atoms with Gasteiger partial charge in [-0.15, -0.1) is 0 Å². The smallest absolute Gasteiger partial charge is 0.305 e. The SMILES string of the molecule is CCCC(=O)OCCC(C)C. The molecule has 0 aromatic heterocycles. The number of hydrogen-bond donors (Lipinski definition) is 0. The Labute approximate surface area is 68.9 Å². The van der Waals surface area contributed by atoms with Crippen molar-refractivity contribution in [1.29, 1.82) is 0 Å². The van der Waals surface area contributed by atoms with Gasteiger partial charge in [0.25, 0.3) is 0 Å². The van der Waals surface area contributed by atoms with Crippen LogP contribution in [-0.2, 0) is 9.53 Å². The van der Waals surface area contributed by atoms with Crippen LogP contribution in [-0.4, -0.2) is 12.6 Å². The van der Waals surface area contributed by atoms with Gasteiger partial charge in [-0.1, -0.05) is 20.8 Å². The third-order valence-electron chi connectivity index (χ3n) is 1.41. The first-order chi connectivity index (χ1) is 5.16. The highest BCUT2D eigenvalue weighted by atomic mass is 16.5. The summed E-state index contributed by atoms with van der Waals surface area (Å²) in [5.74, 6) is 0.553. The first kappa shape index (κ1) is 10.5. The molecule has 0 atom stereocenters. The fourth-order valence-corrected chi connectivity index (χ4v) is 0.685. The van der Waals surface area contributed by atoms with E-state index in [1.807, 2.05) is 6.92 Å². The summed E-state index contributed by atoms with van der Waals surface area (Å²) in [7, 11) is 0. The molecule has 0 spiro atoms. The van der Waals surface area contributed by atoms with Gasteiger partial charge < -0.3 is 4.74 Å². The van der Waals surface area contributed by atoms with Gasteiger partial charge in [0.2, 0.25) is 0 Å². The molecule has 0 aliphatic rings. The molecule has 66 valence electrons. The largest absolute Gasteiger partial charge is 0.466 e. The monoisotopic (exact) mass is 158 g/mol. The maximum Gasteiger partial charge on any atom is 0.305 e. The van der Waals surface area contributed by atoms with E-state index < -0.39 is 0 Å². The lowest BCUT2D eigenvalue weighted by atomic mass is 10.1. The highest BCUT2D eigenvalue weighted by Gasteiger charge is 2.00. The van der Waals surface area contributed by atoms with E-state index >= 15 is 0 Å². The van der Waals surface area contributed by atoms with Crippen LogP contribution in [0.25, 0.3) is 0 Å². The van der Waals surface area contributed by atoms with Gasteiger partial charge >= 0.3 is 5.97 Å². The quantitative estimate of drug-likeness (QED) is 0.574. The van der Waals surface area contributed by atoms with Gasteiger partial charge in [-0.2, -0.15) is 0 Å². The van der Waals surface area contributed by atoms with Crippen LogP contribution < -0.4 is 0 Å². The predicted molar refractivity (Wildman–Crippen MR) is 45.3 cm³/mol. The minimum atomic E-state index is -0.0619. The molecule has 0 aliphatic heterocycles. The number of hydrogen-bond acceptors (Lipinski definition) is 2. The van der Waals surface area contributed by atoms with Gasteiger partial charge in [-0.05, 0) is 18.8 Å². The van der Waals surface area contributed by atoms with Crippen LogP contribution in [0.2, 0.25) is 0 Å². The lowest BCUT2D eigenvalue weighted by molar-refractivity contribution is -0.143. The zero-order valence-corrected chi connectivity index (χ0v) is 7.72. The molecule has 0 radical (unpaired) electrons. The van der Waals surface area contributed by atoms with Crippen LogP contribution in [0.5, 0.6) is 0 Å². The van der Waals surface area contributed by atoms with Crippen molar-refractivity contribution < 1.29 is 9.53 Å². The second kappa shape index (κ2) is 6.20. The second-order valence-corrected chi connectivity index (χ2v) is 3.15. The van der Waals surface area contributed by atoms with E-state index in [-0.39, 0.29) is 5.97 Å². The minimum Gasteiger partial charge on any atom is -0.466 e. The Bertz CT molecular complexity index is 108. The molecule has 11 heavy (non-hydrogen) atoms. The highest BCUT2D eigenvalue weighted by Crippen LogP contribution is 2.00. The Morgan fingerprint density at radius 3 is 2.55 bits per heavy atom. The molecule has 0 unspecified atom stereocenters. The van der Waals surface area contributed by atoms with Crippen molar-refractivity contribution in [2.45, 2.75) is 40.0 Å². The van der Waals surface area contributed by atoms with Crippen LogP contribution in [0.3, 0.4) is 0 Å². The van der Waals surface area contributed by atoms with Gasteiger partial charge in [0.1, 0.15) is 0 Å². The first-order valence-corrected chi connectivity index (χ1v) is 4.32. The van der Waals surface area contributed by atoms with Gasteiger partial charge in [0.15, 0.2) is 0 Å². The van der Waals surface area contributed by atoms with Gasteiger partial charge in [0, 0.05) is 6.42 Å². The molecule has 0 heterocycles. The molecule has 2 heteroatoms. The number of carbonyl (C=O) groups excluding carboxylic acids is 1. The third kappa shape index (κ3) is 7.37. The third-order valence-corrected chi connectivity index (χ3v) is 1.41. The normalized spacial score (nSPS) is 10.2. The average Bonchev–Trinajstić information content (AvgIpc) is 1.87. The fourth-order valence-electron chi connectivity index (χ4n) is 0.685. The summed E-state index contributed by atoms with van der Waals surface area (Å²) in [5.41, 5.74) is 0. The standard InChI is InChI=1S/C9H18O2/c1-4-5-9(10)11-7-6-8(2)3/h8H,4-7H2,1-3H3. The topological polar surface area (TPSA) is 26.3 Å². The molecule has 0 aliphatic carbocycles. The molecule has 0 bridgehead atoms. The van der Waals surface area contributed by atoms with E-state index in [9.17, 15) is 4.79 Å². The van der Waals surface area contributed by atoms with Crippen LogP contribution in [0.15, 0.2) is 0 Å². The van der Waals surface area contributed by atoms with Crippen molar-refractivity contribution in [1.82, 2.24) is 0 Å². The maximum atomic E-state index is 10.8. The van der Waals surface area contributed by atoms with E-state index in [0.29, 0.717) is 18.9 Å².